The lowest BCUT2D eigenvalue weighted by Gasteiger charge is -2.15. The fraction of sp³-hybridized carbons (Fsp3) is 1.00. The van der Waals surface area contributed by atoms with Crippen LogP contribution in [0.5, 0.6) is 0 Å². The number of ether oxygens (including phenoxy) is 1. The second kappa shape index (κ2) is 6.70. The molecule has 1 rings (SSSR count). The molecule has 2 atom stereocenters. The summed E-state index contributed by atoms with van der Waals surface area (Å²) in [6.07, 6.45) is -2.41. The zero-order valence-corrected chi connectivity index (χ0v) is 12.6. The largest absolute Gasteiger partial charge is 0.523 e. The Labute approximate surface area is 126 Å². The van der Waals surface area contributed by atoms with Crippen LogP contribution >= 0.6 is 0 Å². The maximum absolute atomic E-state index is 12.0. The predicted molar refractivity (Wildman–Crippen MR) is 59.7 cm³/mol. The van der Waals surface area contributed by atoms with Crippen molar-refractivity contribution in [3.63, 3.8) is 0 Å². The van der Waals surface area contributed by atoms with Crippen LogP contribution in [0.15, 0.2) is 0 Å². The normalized spacial score (nSPS) is 24.1. The van der Waals surface area contributed by atoms with E-state index in [1.54, 1.807) is 0 Å². The Balaban J connectivity index is 2.46. The van der Waals surface area contributed by atoms with Crippen LogP contribution in [-0.2, 0) is 33.3 Å². The molecular formula is C8H10F6O7S2. The highest BCUT2D eigenvalue weighted by molar-refractivity contribution is 7.87. The predicted octanol–water partition coefficient (Wildman–Crippen LogP) is 1.27. The Morgan fingerprint density at radius 2 is 1.09 bits per heavy atom. The molecule has 15 heteroatoms. The first-order valence-electron chi connectivity index (χ1n) is 5.72. The van der Waals surface area contributed by atoms with Crippen molar-refractivity contribution in [2.45, 2.75) is 36.1 Å². The van der Waals surface area contributed by atoms with E-state index in [2.05, 4.69) is 8.37 Å². The molecule has 0 aromatic heterocycles. The summed E-state index contributed by atoms with van der Waals surface area (Å²) < 4.78 is 127. The van der Waals surface area contributed by atoms with Crippen molar-refractivity contribution in [3.05, 3.63) is 0 Å². The van der Waals surface area contributed by atoms with Crippen LogP contribution in [0.1, 0.15) is 12.8 Å². The SMILES string of the molecule is O=S(=O)(OC[C@@H]1CC[C@@H](COS(=O)(=O)C(F)(F)F)O1)C(F)(F)F. The van der Waals surface area contributed by atoms with Crippen LogP contribution in [0.3, 0.4) is 0 Å². The van der Waals surface area contributed by atoms with Gasteiger partial charge in [-0.2, -0.15) is 43.2 Å². The maximum atomic E-state index is 12.0. The molecule has 1 aliphatic heterocycles. The van der Waals surface area contributed by atoms with E-state index in [0.29, 0.717) is 0 Å². The van der Waals surface area contributed by atoms with Gasteiger partial charge in [-0.15, -0.1) is 0 Å². The van der Waals surface area contributed by atoms with Gasteiger partial charge in [0.2, 0.25) is 0 Å². The fourth-order valence-electron chi connectivity index (χ4n) is 1.49. The van der Waals surface area contributed by atoms with Crippen molar-refractivity contribution in [1.82, 2.24) is 0 Å². The van der Waals surface area contributed by atoms with Gasteiger partial charge in [-0.1, -0.05) is 0 Å². The summed E-state index contributed by atoms with van der Waals surface area (Å²) >= 11 is 0. The highest BCUT2D eigenvalue weighted by atomic mass is 32.2. The molecule has 1 heterocycles. The molecule has 1 aliphatic rings. The van der Waals surface area contributed by atoms with E-state index in [9.17, 15) is 43.2 Å². The van der Waals surface area contributed by atoms with Gasteiger partial charge in [0.05, 0.1) is 25.4 Å². The Hall–Kier alpha value is -0.640. The van der Waals surface area contributed by atoms with Gasteiger partial charge in [-0.3, -0.25) is 8.37 Å². The minimum atomic E-state index is -5.81. The van der Waals surface area contributed by atoms with Gasteiger partial charge in [-0.05, 0) is 12.8 Å². The van der Waals surface area contributed by atoms with Crippen LogP contribution in [0.2, 0.25) is 0 Å². The lowest BCUT2D eigenvalue weighted by atomic mass is 10.2. The molecule has 0 saturated carbocycles. The van der Waals surface area contributed by atoms with Gasteiger partial charge in [0, 0.05) is 0 Å². The van der Waals surface area contributed by atoms with Gasteiger partial charge < -0.3 is 4.74 Å². The molecule has 0 amide bonds. The molecule has 0 bridgehead atoms. The molecular weight excluding hydrogens is 386 g/mol. The maximum Gasteiger partial charge on any atom is 0.523 e. The summed E-state index contributed by atoms with van der Waals surface area (Å²) in [4.78, 5) is 0. The Kier molecular flexibility index (Phi) is 5.94. The van der Waals surface area contributed by atoms with Crippen molar-refractivity contribution in [2.24, 2.45) is 0 Å². The summed E-state index contributed by atoms with van der Waals surface area (Å²) in [5.74, 6) is 0. The van der Waals surface area contributed by atoms with E-state index in [-0.39, 0.29) is 12.8 Å². The van der Waals surface area contributed by atoms with Crippen molar-refractivity contribution < 1.29 is 56.3 Å². The first kappa shape index (κ1) is 20.4. The second-order valence-corrected chi connectivity index (χ2v) is 7.54. The first-order chi connectivity index (χ1) is 10.2. The molecule has 1 saturated heterocycles. The van der Waals surface area contributed by atoms with Crippen molar-refractivity contribution in [3.8, 4) is 0 Å². The van der Waals surface area contributed by atoms with Crippen LogP contribution < -0.4 is 0 Å². The average Bonchev–Trinajstić information content (AvgIpc) is 2.79. The summed E-state index contributed by atoms with van der Waals surface area (Å²) in [5, 5.41) is 0. The first-order valence-corrected chi connectivity index (χ1v) is 8.54. The van der Waals surface area contributed by atoms with Gasteiger partial charge in [0.1, 0.15) is 0 Å². The zero-order valence-electron chi connectivity index (χ0n) is 10.9. The Morgan fingerprint density at radius 1 is 0.783 bits per heavy atom. The summed E-state index contributed by atoms with van der Waals surface area (Å²) in [6.45, 7) is -2.02. The molecule has 0 radical (unpaired) electrons. The van der Waals surface area contributed by atoms with Crippen molar-refractivity contribution in [2.75, 3.05) is 13.2 Å². The van der Waals surface area contributed by atoms with E-state index in [0.717, 1.165) is 0 Å². The molecule has 0 N–H and O–H groups in total. The molecule has 0 unspecified atom stereocenters. The molecule has 0 spiro atoms. The van der Waals surface area contributed by atoms with Crippen LogP contribution in [0, 0.1) is 0 Å². The summed E-state index contributed by atoms with van der Waals surface area (Å²) in [7, 11) is -11.6. The van der Waals surface area contributed by atoms with E-state index in [4.69, 9.17) is 4.74 Å². The van der Waals surface area contributed by atoms with Crippen LogP contribution in [0.4, 0.5) is 26.3 Å². The minimum Gasteiger partial charge on any atom is -0.370 e. The topological polar surface area (TPSA) is 96.0 Å². The molecule has 0 aliphatic carbocycles. The number of halogens is 6. The molecule has 1 fully saturated rings. The third-order valence-electron chi connectivity index (χ3n) is 2.58. The fourth-order valence-corrected chi connectivity index (χ4v) is 2.42. The zero-order chi connectivity index (χ0) is 18.1. The lowest BCUT2D eigenvalue weighted by molar-refractivity contribution is -0.0629. The summed E-state index contributed by atoms with van der Waals surface area (Å²) in [6, 6.07) is 0. The average molecular weight is 396 g/mol. The minimum absolute atomic E-state index is 0.0481. The molecule has 0 aromatic rings. The van der Waals surface area contributed by atoms with Gasteiger partial charge >= 0.3 is 31.3 Å². The second-order valence-electron chi connectivity index (χ2n) is 4.33. The van der Waals surface area contributed by atoms with Crippen molar-refractivity contribution >= 4 is 20.2 Å². The Bertz CT molecular complexity index is 554. The summed E-state index contributed by atoms with van der Waals surface area (Å²) in [5.41, 5.74) is -11.2. The smallest absolute Gasteiger partial charge is 0.370 e. The number of alkyl halides is 6. The van der Waals surface area contributed by atoms with E-state index in [1.807, 2.05) is 0 Å². The standard InChI is InChI=1S/C8H10F6O7S2/c9-7(10,11)22(15,16)19-3-5-1-2-6(21-5)4-20-23(17,18)8(12,13)14/h5-6H,1-4H2/t5-,6-/m0/s1. The number of hydrogen-bond donors (Lipinski definition) is 0. The number of hydrogen-bond acceptors (Lipinski definition) is 7. The molecule has 7 nitrogen and oxygen atoms in total. The quantitative estimate of drug-likeness (QED) is 0.379. The molecule has 0 aromatic carbocycles. The highest BCUT2D eigenvalue weighted by Gasteiger charge is 2.49. The molecule has 23 heavy (non-hydrogen) atoms. The third kappa shape index (κ3) is 5.44. The highest BCUT2D eigenvalue weighted by Crippen LogP contribution is 2.28. The number of rotatable bonds is 6. The van der Waals surface area contributed by atoms with E-state index >= 15 is 0 Å². The Morgan fingerprint density at radius 3 is 1.35 bits per heavy atom. The van der Waals surface area contributed by atoms with E-state index in [1.165, 1.54) is 0 Å². The monoisotopic (exact) mass is 396 g/mol. The molecule has 138 valence electrons. The lowest BCUT2D eigenvalue weighted by Crippen LogP contribution is -2.31. The van der Waals surface area contributed by atoms with Crippen LogP contribution in [0.25, 0.3) is 0 Å². The van der Waals surface area contributed by atoms with Gasteiger partial charge in [-0.25, -0.2) is 0 Å². The van der Waals surface area contributed by atoms with E-state index < -0.39 is 56.7 Å². The van der Waals surface area contributed by atoms with Gasteiger partial charge in [0.25, 0.3) is 0 Å². The third-order valence-corrected chi connectivity index (χ3v) is 4.61. The van der Waals surface area contributed by atoms with Crippen LogP contribution in [-0.4, -0.2) is 53.3 Å². The van der Waals surface area contributed by atoms with Gasteiger partial charge in [0.15, 0.2) is 0 Å². The van der Waals surface area contributed by atoms with Crippen molar-refractivity contribution in [1.29, 1.82) is 0 Å².